The molecule has 108 valence electrons. The van der Waals surface area contributed by atoms with E-state index < -0.39 is 0 Å². The third-order valence-corrected chi connectivity index (χ3v) is 3.99. The number of thiocarbonyl (C=S) groups is 1. The van der Waals surface area contributed by atoms with Crippen molar-refractivity contribution in [3.8, 4) is 11.5 Å². The van der Waals surface area contributed by atoms with Crippen molar-refractivity contribution < 1.29 is 14.6 Å². The first-order valence-electron chi connectivity index (χ1n) is 6.09. The lowest BCUT2D eigenvalue weighted by Gasteiger charge is -2.16. The molecule has 0 bridgehead atoms. The molecular weight excluding hydrogens is 296 g/mol. The third-order valence-electron chi connectivity index (χ3n) is 3.05. The molecule has 0 saturated carbocycles. The van der Waals surface area contributed by atoms with Gasteiger partial charge >= 0.3 is 0 Å². The molecule has 1 aliphatic heterocycles. The summed E-state index contributed by atoms with van der Waals surface area (Å²) >= 11 is 6.89. The zero-order chi connectivity index (χ0) is 14.7. The number of phenols is 1. The van der Waals surface area contributed by atoms with E-state index in [9.17, 15) is 9.90 Å². The molecule has 5 nitrogen and oxygen atoms in total. The van der Waals surface area contributed by atoms with E-state index in [4.69, 9.17) is 17.0 Å². The van der Waals surface area contributed by atoms with Crippen LogP contribution < -0.4 is 15.0 Å². The fourth-order valence-electron chi connectivity index (χ4n) is 2.02. The van der Waals surface area contributed by atoms with Gasteiger partial charge < -0.3 is 15.2 Å². The number of anilines is 1. The van der Waals surface area contributed by atoms with E-state index in [1.165, 1.54) is 18.1 Å². The summed E-state index contributed by atoms with van der Waals surface area (Å²) in [5.41, 5.74) is 0.539. The van der Waals surface area contributed by atoms with Gasteiger partial charge in [0.2, 0.25) is 0 Å². The molecule has 1 amide bonds. The summed E-state index contributed by atoms with van der Waals surface area (Å²) in [4.78, 5) is 13.8. The first-order valence-corrected chi connectivity index (χ1v) is 7.89. The predicted octanol–water partition coefficient (Wildman–Crippen LogP) is 1.74. The summed E-state index contributed by atoms with van der Waals surface area (Å²) in [7, 11) is 1.47. The molecule has 2 rings (SSSR count). The maximum Gasteiger partial charge on any atom is 0.255 e. The molecule has 1 atom stereocenters. The molecule has 0 aromatic heterocycles. The molecule has 20 heavy (non-hydrogen) atoms. The number of amides is 1. The summed E-state index contributed by atoms with van der Waals surface area (Å²) in [5, 5.41) is 13.2. The number of nitrogens with zero attached hydrogens (tertiary/aromatic N) is 1. The van der Waals surface area contributed by atoms with Crippen LogP contribution in [0.4, 0.5) is 5.69 Å². The number of ether oxygens (including phenoxy) is 1. The van der Waals surface area contributed by atoms with E-state index in [0.717, 1.165) is 12.2 Å². The Kier molecular flexibility index (Phi) is 4.72. The second-order valence-corrected chi connectivity index (χ2v) is 5.69. The molecule has 1 aromatic carbocycles. The zero-order valence-corrected chi connectivity index (χ0v) is 12.9. The summed E-state index contributed by atoms with van der Waals surface area (Å²) < 4.78 is 4.99. The molecule has 1 unspecified atom stereocenters. The van der Waals surface area contributed by atoms with Crippen molar-refractivity contribution in [3.05, 3.63) is 18.2 Å². The van der Waals surface area contributed by atoms with Gasteiger partial charge in [0.25, 0.3) is 5.91 Å². The molecule has 1 fully saturated rings. The maximum atomic E-state index is 12.3. The Labute approximate surface area is 127 Å². The molecule has 1 heterocycles. The second-order valence-electron chi connectivity index (χ2n) is 4.31. The SMILES string of the molecule is COc1ccc(N2C(=O)C(CCSC)NC2=S)cc1O. The van der Waals surface area contributed by atoms with Crippen molar-refractivity contribution in [2.45, 2.75) is 12.5 Å². The first kappa shape index (κ1) is 14.9. The van der Waals surface area contributed by atoms with Gasteiger partial charge in [0.15, 0.2) is 16.6 Å². The highest BCUT2D eigenvalue weighted by atomic mass is 32.2. The summed E-state index contributed by atoms with van der Waals surface area (Å²) in [6, 6.07) is 4.48. The minimum Gasteiger partial charge on any atom is -0.504 e. The number of hydrogen-bond acceptors (Lipinski definition) is 5. The lowest BCUT2D eigenvalue weighted by molar-refractivity contribution is -0.118. The van der Waals surface area contributed by atoms with Crippen LogP contribution in [-0.2, 0) is 4.79 Å². The van der Waals surface area contributed by atoms with Crippen LogP contribution in [0, 0.1) is 0 Å². The van der Waals surface area contributed by atoms with Gasteiger partial charge in [0, 0.05) is 6.07 Å². The summed E-state index contributed by atoms with van der Waals surface area (Å²) in [5.74, 6) is 1.13. The normalized spacial score (nSPS) is 18.3. The molecule has 2 N–H and O–H groups in total. The molecular formula is C13H16N2O3S2. The average molecular weight is 312 g/mol. The highest BCUT2D eigenvalue weighted by molar-refractivity contribution is 7.98. The molecule has 0 radical (unpaired) electrons. The Morgan fingerprint density at radius 2 is 2.30 bits per heavy atom. The second kappa shape index (κ2) is 6.32. The highest BCUT2D eigenvalue weighted by Gasteiger charge is 2.36. The van der Waals surface area contributed by atoms with Gasteiger partial charge in [0.05, 0.1) is 12.8 Å². The Morgan fingerprint density at radius 1 is 1.55 bits per heavy atom. The molecule has 0 spiro atoms. The van der Waals surface area contributed by atoms with Gasteiger partial charge in [-0.25, -0.2) is 0 Å². The molecule has 1 aromatic rings. The maximum absolute atomic E-state index is 12.3. The number of methoxy groups -OCH3 is 1. The van der Waals surface area contributed by atoms with Gasteiger partial charge in [-0.3, -0.25) is 9.69 Å². The lowest BCUT2D eigenvalue weighted by atomic mass is 10.2. The number of phenolic OH excluding ortho intramolecular Hbond substituents is 1. The van der Waals surface area contributed by atoms with E-state index in [0.29, 0.717) is 16.5 Å². The van der Waals surface area contributed by atoms with E-state index in [2.05, 4.69) is 5.32 Å². The van der Waals surface area contributed by atoms with Crippen LogP contribution in [0.1, 0.15) is 6.42 Å². The molecule has 0 aliphatic carbocycles. The number of hydrogen-bond donors (Lipinski definition) is 2. The number of nitrogens with one attached hydrogen (secondary N) is 1. The van der Waals surface area contributed by atoms with Crippen molar-refractivity contribution in [1.82, 2.24) is 5.32 Å². The monoisotopic (exact) mass is 312 g/mol. The summed E-state index contributed by atoms with van der Waals surface area (Å²) in [6.07, 6.45) is 2.72. The molecule has 7 heteroatoms. The van der Waals surface area contributed by atoms with Crippen molar-refractivity contribution in [1.29, 1.82) is 0 Å². The quantitative estimate of drug-likeness (QED) is 0.808. The lowest BCUT2D eigenvalue weighted by Crippen LogP contribution is -2.31. The minimum absolute atomic E-state index is 0.0202. The van der Waals surface area contributed by atoms with Crippen molar-refractivity contribution in [2.24, 2.45) is 0 Å². The topological polar surface area (TPSA) is 61.8 Å². The van der Waals surface area contributed by atoms with E-state index in [1.54, 1.807) is 23.9 Å². The van der Waals surface area contributed by atoms with E-state index in [1.807, 2.05) is 6.26 Å². The fourth-order valence-corrected chi connectivity index (χ4v) is 2.83. The Bertz CT molecular complexity index is 536. The van der Waals surface area contributed by atoms with Crippen LogP contribution in [0.25, 0.3) is 0 Å². The average Bonchev–Trinajstić information content (AvgIpc) is 2.71. The van der Waals surface area contributed by atoms with Crippen LogP contribution in [0.3, 0.4) is 0 Å². The predicted molar refractivity (Wildman–Crippen MR) is 84.7 cm³/mol. The van der Waals surface area contributed by atoms with Crippen molar-refractivity contribution >= 4 is 40.7 Å². The van der Waals surface area contributed by atoms with Gasteiger partial charge in [-0.1, -0.05) is 0 Å². The largest absolute Gasteiger partial charge is 0.504 e. The van der Waals surface area contributed by atoms with Crippen LogP contribution in [-0.4, -0.2) is 41.3 Å². The van der Waals surface area contributed by atoms with Crippen LogP contribution in [0.2, 0.25) is 0 Å². The standard InChI is InChI=1S/C13H16N2O3S2/c1-18-11-4-3-8(7-10(11)16)15-12(17)9(5-6-20-2)14-13(15)19/h3-4,7,9,16H,5-6H2,1-2H3,(H,14,19). The van der Waals surface area contributed by atoms with Gasteiger partial charge in [0.1, 0.15) is 6.04 Å². The van der Waals surface area contributed by atoms with Crippen LogP contribution >= 0.6 is 24.0 Å². The minimum atomic E-state index is -0.292. The van der Waals surface area contributed by atoms with Gasteiger partial charge in [-0.05, 0) is 42.8 Å². The van der Waals surface area contributed by atoms with Crippen LogP contribution in [0.5, 0.6) is 11.5 Å². The number of thioether (sulfide) groups is 1. The van der Waals surface area contributed by atoms with E-state index in [-0.39, 0.29) is 17.7 Å². The van der Waals surface area contributed by atoms with E-state index >= 15 is 0 Å². The van der Waals surface area contributed by atoms with Crippen LogP contribution in [0.15, 0.2) is 18.2 Å². The number of benzene rings is 1. The Morgan fingerprint density at radius 3 is 2.90 bits per heavy atom. The van der Waals surface area contributed by atoms with Gasteiger partial charge in [-0.2, -0.15) is 11.8 Å². The van der Waals surface area contributed by atoms with Gasteiger partial charge in [-0.15, -0.1) is 0 Å². The summed E-state index contributed by atoms with van der Waals surface area (Å²) in [6.45, 7) is 0. The number of carbonyl (C=O) groups excluding carboxylic acids is 1. The van der Waals surface area contributed by atoms with Crippen molar-refractivity contribution in [2.75, 3.05) is 24.0 Å². The van der Waals surface area contributed by atoms with Crippen molar-refractivity contribution in [3.63, 3.8) is 0 Å². The Balaban J connectivity index is 2.22. The zero-order valence-electron chi connectivity index (χ0n) is 11.3. The third kappa shape index (κ3) is 2.83. The number of carbonyl (C=O) groups is 1. The number of aromatic hydroxyl groups is 1. The Hall–Kier alpha value is -1.47. The smallest absolute Gasteiger partial charge is 0.255 e. The molecule has 1 saturated heterocycles. The number of rotatable bonds is 5. The fraction of sp³-hybridized carbons (Fsp3) is 0.385. The first-order chi connectivity index (χ1) is 9.58. The molecule has 1 aliphatic rings. The highest BCUT2D eigenvalue weighted by Crippen LogP contribution is 2.32.